The highest BCUT2D eigenvalue weighted by molar-refractivity contribution is 7.26. The van der Waals surface area contributed by atoms with E-state index in [0.29, 0.717) is 0 Å². The lowest BCUT2D eigenvalue weighted by Gasteiger charge is -2.27. The zero-order valence-corrected chi connectivity index (χ0v) is 29.5. The minimum atomic E-state index is 0.903. The van der Waals surface area contributed by atoms with Gasteiger partial charge in [0.1, 0.15) is 11.2 Å². The van der Waals surface area contributed by atoms with E-state index in [0.717, 1.165) is 44.4 Å². The number of benzene rings is 8. The average molecular weight is 700 g/mol. The van der Waals surface area contributed by atoms with Crippen LogP contribution >= 0.6 is 22.7 Å². The number of thiophene rings is 2. The van der Waals surface area contributed by atoms with Gasteiger partial charge in [-0.2, -0.15) is 0 Å². The summed E-state index contributed by atoms with van der Waals surface area (Å²) in [6.07, 6.45) is 0. The molecular weight excluding hydrogens is 671 g/mol. The molecule has 11 aromatic rings. The van der Waals surface area contributed by atoms with Gasteiger partial charge in [0.25, 0.3) is 0 Å². The average Bonchev–Trinajstić information content (AvgIpc) is 3.90. The molecule has 0 fully saturated rings. The van der Waals surface area contributed by atoms with E-state index < -0.39 is 0 Å². The summed E-state index contributed by atoms with van der Waals surface area (Å²) >= 11 is 3.73. The summed E-state index contributed by atoms with van der Waals surface area (Å²) in [7, 11) is 0. The van der Waals surface area contributed by atoms with E-state index in [9.17, 15) is 0 Å². The Kier molecular flexibility index (Phi) is 6.63. The minimum Gasteiger partial charge on any atom is -0.456 e. The van der Waals surface area contributed by atoms with Crippen LogP contribution in [0.5, 0.6) is 0 Å². The standard InChI is InChI=1S/C48H29NOS2/c1-4-20-41-38(14-1)46-35(16-9-21-42(46)50-41)31-11-7-12-33(29-31)49(40-19-8-18-37-36-13-2-5-22-43(36)52-48(37)40)32-27-25-30(26-28-32)34-17-10-24-45-47(34)39-15-3-6-23-44(39)51-45/h1-29H. The summed E-state index contributed by atoms with van der Waals surface area (Å²) in [5.41, 5.74) is 9.98. The maximum atomic E-state index is 6.29. The number of rotatable bonds is 5. The van der Waals surface area contributed by atoms with Gasteiger partial charge in [-0.25, -0.2) is 0 Å². The highest BCUT2D eigenvalue weighted by Gasteiger charge is 2.20. The van der Waals surface area contributed by atoms with Crippen LogP contribution in [0.15, 0.2) is 180 Å². The fourth-order valence-electron chi connectivity index (χ4n) is 7.97. The van der Waals surface area contributed by atoms with Crippen LogP contribution in [-0.2, 0) is 0 Å². The van der Waals surface area contributed by atoms with Crippen LogP contribution in [0.25, 0.3) is 84.5 Å². The van der Waals surface area contributed by atoms with Gasteiger partial charge in [-0.05, 0) is 82.9 Å². The Morgan fingerprint density at radius 2 is 1.02 bits per heavy atom. The number of hydrogen-bond acceptors (Lipinski definition) is 4. The van der Waals surface area contributed by atoms with Crippen molar-refractivity contribution in [1.29, 1.82) is 0 Å². The Labute approximate surface area is 308 Å². The molecule has 0 bridgehead atoms. The molecule has 0 saturated carbocycles. The largest absolute Gasteiger partial charge is 0.456 e. The molecule has 0 N–H and O–H groups in total. The van der Waals surface area contributed by atoms with Gasteiger partial charge in [0, 0.05) is 57.8 Å². The Morgan fingerprint density at radius 1 is 0.385 bits per heavy atom. The van der Waals surface area contributed by atoms with Crippen molar-refractivity contribution in [2.45, 2.75) is 0 Å². The number of para-hydroxylation sites is 1. The summed E-state index contributed by atoms with van der Waals surface area (Å²) in [5.74, 6) is 0. The molecule has 0 saturated heterocycles. The second-order valence-electron chi connectivity index (χ2n) is 13.2. The maximum Gasteiger partial charge on any atom is 0.136 e. The zero-order valence-electron chi connectivity index (χ0n) is 27.9. The molecule has 3 aromatic heterocycles. The fourth-order valence-corrected chi connectivity index (χ4v) is 10.3. The highest BCUT2D eigenvalue weighted by atomic mass is 32.1. The molecule has 4 heteroatoms. The van der Waals surface area contributed by atoms with Crippen LogP contribution < -0.4 is 4.90 Å². The van der Waals surface area contributed by atoms with Crippen molar-refractivity contribution in [3.63, 3.8) is 0 Å². The number of nitrogens with zero attached hydrogens (tertiary/aromatic N) is 1. The van der Waals surface area contributed by atoms with Crippen molar-refractivity contribution in [3.8, 4) is 22.3 Å². The monoisotopic (exact) mass is 699 g/mol. The van der Waals surface area contributed by atoms with Gasteiger partial charge in [0.05, 0.1) is 10.4 Å². The van der Waals surface area contributed by atoms with Gasteiger partial charge < -0.3 is 9.32 Å². The smallest absolute Gasteiger partial charge is 0.136 e. The fraction of sp³-hybridized carbons (Fsp3) is 0. The molecule has 0 aliphatic rings. The number of furan rings is 1. The number of fused-ring (bicyclic) bond motifs is 9. The third kappa shape index (κ3) is 4.55. The molecule has 52 heavy (non-hydrogen) atoms. The van der Waals surface area contributed by atoms with Crippen LogP contribution in [0, 0.1) is 0 Å². The molecule has 0 aliphatic carbocycles. The molecule has 11 rings (SSSR count). The number of hydrogen-bond donors (Lipinski definition) is 0. The molecule has 8 aromatic carbocycles. The summed E-state index contributed by atoms with van der Waals surface area (Å²) in [6.45, 7) is 0. The quantitative estimate of drug-likeness (QED) is 0.178. The lowest BCUT2D eigenvalue weighted by atomic mass is 9.98. The van der Waals surface area contributed by atoms with Crippen LogP contribution in [0.1, 0.15) is 0 Å². The summed E-state index contributed by atoms with van der Waals surface area (Å²) < 4.78 is 11.5. The van der Waals surface area contributed by atoms with Crippen LogP contribution in [0.3, 0.4) is 0 Å². The van der Waals surface area contributed by atoms with Crippen molar-refractivity contribution in [2.75, 3.05) is 4.90 Å². The summed E-state index contributed by atoms with van der Waals surface area (Å²) in [4.78, 5) is 2.43. The van der Waals surface area contributed by atoms with Gasteiger partial charge in [0.15, 0.2) is 0 Å². The normalized spacial score (nSPS) is 11.8. The minimum absolute atomic E-state index is 0.903. The maximum absolute atomic E-state index is 6.29. The Hall–Kier alpha value is -6.20. The number of anilines is 3. The van der Waals surface area contributed by atoms with Crippen LogP contribution in [0.2, 0.25) is 0 Å². The van der Waals surface area contributed by atoms with Gasteiger partial charge in [-0.15, -0.1) is 22.7 Å². The molecule has 0 atom stereocenters. The van der Waals surface area contributed by atoms with Crippen molar-refractivity contribution >= 4 is 102 Å². The Balaban J connectivity index is 1.11. The second-order valence-corrected chi connectivity index (χ2v) is 15.4. The molecule has 244 valence electrons. The first-order chi connectivity index (χ1) is 25.8. The van der Waals surface area contributed by atoms with E-state index in [1.165, 1.54) is 57.2 Å². The van der Waals surface area contributed by atoms with Crippen molar-refractivity contribution < 1.29 is 4.42 Å². The lowest BCUT2D eigenvalue weighted by Crippen LogP contribution is -2.10. The molecular formula is C48H29NOS2. The highest BCUT2D eigenvalue weighted by Crippen LogP contribution is 2.47. The van der Waals surface area contributed by atoms with E-state index in [1.807, 2.05) is 34.8 Å². The Bertz CT molecular complexity index is 3150. The van der Waals surface area contributed by atoms with E-state index in [4.69, 9.17) is 4.42 Å². The predicted molar refractivity (Wildman–Crippen MR) is 225 cm³/mol. The van der Waals surface area contributed by atoms with E-state index in [2.05, 4.69) is 169 Å². The van der Waals surface area contributed by atoms with E-state index in [1.54, 1.807) is 0 Å². The van der Waals surface area contributed by atoms with Gasteiger partial charge in [-0.3, -0.25) is 0 Å². The molecule has 0 unspecified atom stereocenters. The Morgan fingerprint density at radius 3 is 1.88 bits per heavy atom. The van der Waals surface area contributed by atoms with Crippen molar-refractivity contribution in [1.82, 2.24) is 0 Å². The molecule has 0 radical (unpaired) electrons. The topological polar surface area (TPSA) is 16.4 Å². The first-order valence-electron chi connectivity index (χ1n) is 17.5. The lowest BCUT2D eigenvalue weighted by molar-refractivity contribution is 0.669. The van der Waals surface area contributed by atoms with Crippen LogP contribution in [-0.4, -0.2) is 0 Å². The van der Waals surface area contributed by atoms with Gasteiger partial charge in [0.2, 0.25) is 0 Å². The molecule has 0 spiro atoms. The van der Waals surface area contributed by atoms with Crippen molar-refractivity contribution in [2.24, 2.45) is 0 Å². The van der Waals surface area contributed by atoms with E-state index >= 15 is 0 Å². The third-order valence-electron chi connectivity index (χ3n) is 10.3. The SMILES string of the molecule is c1cc(-c2cccc3oc4ccccc4c23)cc(N(c2ccc(-c3cccc4sc5ccccc5c34)cc2)c2cccc3c2sc2ccccc23)c1. The van der Waals surface area contributed by atoms with E-state index in [-0.39, 0.29) is 0 Å². The van der Waals surface area contributed by atoms with Crippen LogP contribution in [0.4, 0.5) is 17.1 Å². The van der Waals surface area contributed by atoms with Gasteiger partial charge >= 0.3 is 0 Å². The summed E-state index contributed by atoms with van der Waals surface area (Å²) in [5, 5.41) is 7.50. The first kappa shape index (κ1) is 29.5. The molecule has 2 nitrogen and oxygen atoms in total. The van der Waals surface area contributed by atoms with Gasteiger partial charge in [-0.1, -0.05) is 115 Å². The molecule has 0 aliphatic heterocycles. The predicted octanol–water partition coefficient (Wildman–Crippen LogP) is 15.1. The second kappa shape index (κ2) is 11.7. The van der Waals surface area contributed by atoms with Crippen molar-refractivity contribution in [3.05, 3.63) is 176 Å². The first-order valence-corrected chi connectivity index (χ1v) is 19.1. The summed E-state index contributed by atoms with van der Waals surface area (Å²) in [6, 6.07) is 63.7. The zero-order chi connectivity index (χ0) is 34.2. The molecule has 3 heterocycles. The third-order valence-corrected chi connectivity index (χ3v) is 12.6. The molecule has 0 amide bonds.